The van der Waals surface area contributed by atoms with E-state index in [9.17, 15) is 13.2 Å². The third-order valence-corrected chi connectivity index (χ3v) is 3.43. The molecule has 1 amide bonds. The summed E-state index contributed by atoms with van der Waals surface area (Å²) in [5.74, 6) is 0.135. The van der Waals surface area contributed by atoms with Gasteiger partial charge in [0, 0.05) is 0 Å². The number of hydrogen-bond donors (Lipinski definition) is 1. The van der Waals surface area contributed by atoms with Gasteiger partial charge in [-0.15, -0.1) is 0 Å². The number of methoxy groups -OCH3 is 1. The first-order chi connectivity index (χ1) is 9.39. The molecule has 0 spiro atoms. The monoisotopic (exact) mass is 293 g/mol. The number of fused-ring (bicyclic) bond motifs is 1. The van der Waals surface area contributed by atoms with E-state index in [2.05, 4.69) is 0 Å². The van der Waals surface area contributed by atoms with Crippen molar-refractivity contribution in [1.29, 1.82) is 0 Å². The van der Waals surface area contributed by atoms with E-state index in [0.29, 0.717) is 5.75 Å². The molecule has 0 radical (unpaired) electrons. The van der Waals surface area contributed by atoms with Crippen molar-refractivity contribution < 1.29 is 17.9 Å². The highest BCUT2D eigenvalue weighted by molar-refractivity contribution is 7.89. The zero-order valence-electron chi connectivity index (χ0n) is 11.2. The summed E-state index contributed by atoms with van der Waals surface area (Å²) in [5, 5.41) is 1.84. The highest BCUT2D eigenvalue weighted by Crippen LogP contribution is 2.24. The molecule has 5 nitrogen and oxygen atoms in total. The number of nitrogens with one attached hydrogen (secondary N) is 1. The van der Waals surface area contributed by atoms with E-state index in [1.807, 2.05) is 35.1 Å². The van der Waals surface area contributed by atoms with Crippen LogP contribution >= 0.6 is 0 Å². The fraction of sp³-hybridized carbons (Fsp3) is 0.214. The van der Waals surface area contributed by atoms with E-state index < -0.39 is 15.9 Å². The smallest absolute Gasteiger partial charge is 0.237 e. The van der Waals surface area contributed by atoms with Gasteiger partial charge in [0.2, 0.25) is 15.9 Å². The number of hydrogen-bond acceptors (Lipinski definition) is 4. The van der Waals surface area contributed by atoms with Gasteiger partial charge >= 0.3 is 0 Å². The Morgan fingerprint density at radius 3 is 2.65 bits per heavy atom. The van der Waals surface area contributed by atoms with E-state index in [1.165, 1.54) is 0 Å². The Hall–Kier alpha value is -2.08. The molecular formula is C14H15NO4S. The van der Waals surface area contributed by atoms with Gasteiger partial charge in [-0.1, -0.05) is 24.3 Å². The second kappa shape index (κ2) is 5.50. The normalized spacial score (nSPS) is 11.3. The van der Waals surface area contributed by atoms with Crippen molar-refractivity contribution in [2.75, 3.05) is 13.4 Å². The first kappa shape index (κ1) is 14.3. The molecule has 0 bridgehead atoms. The molecule has 0 aliphatic rings. The first-order valence-corrected chi connectivity index (χ1v) is 7.84. The molecule has 2 aromatic carbocycles. The first-order valence-electron chi connectivity index (χ1n) is 5.95. The Morgan fingerprint density at radius 2 is 2.00 bits per heavy atom. The van der Waals surface area contributed by atoms with Crippen LogP contribution in [0.4, 0.5) is 0 Å². The Balaban J connectivity index is 2.36. The van der Waals surface area contributed by atoms with Gasteiger partial charge < -0.3 is 4.74 Å². The molecule has 0 saturated carbocycles. The number of rotatable bonds is 4. The van der Waals surface area contributed by atoms with E-state index in [0.717, 1.165) is 22.6 Å². The van der Waals surface area contributed by atoms with Gasteiger partial charge in [0.05, 0.1) is 19.8 Å². The molecule has 0 fully saturated rings. The molecule has 0 aliphatic heterocycles. The average molecular weight is 293 g/mol. The zero-order chi connectivity index (χ0) is 14.8. The third-order valence-electron chi connectivity index (χ3n) is 2.83. The van der Waals surface area contributed by atoms with Crippen molar-refractivity contribution in [3.8, 4) is 5.75 Å². The quantitative estimate of drug-likeness (QED) is 0.926. The van der Waals surface area contributed by atoms with Crippen molar-refractivity contribution in [3.05, 3.63) is 42.0 Å². The Kier molecular flexibility index (Phi) is 3.94. The van der Waals surface area contributed by atoms with Gasteiger partial charge in [0.1, 0.15) is 5.75 Å². The molecule has 0 saturated heterocycles. The molecule has 1 N–H and O–H groups in total. The SMILES string of the molecule is COc1ccc2cccc(CC(=O)NS(C)(=O)=O)c2c1. The Morgan fingerprint density at radius 1 is 1.25 bits per heavy atom. The highest BCUT2D eigenvalue weighted by Gasteiger charge is 2.11. The summed E-state index contributed by atoms with van der Waals surface area (Å²) in [6.45, 7) is 0. The summed E-state index contributed by atoms with van der Waals surface area (Å²) >= 11 is 0. The summed E-state index contributed by atoms with van der Waals surface area (Å²) in [5.41, 5.74) is 0.752. The third kappa shape index (κ3) is 3.48. The molecule has 0 aliphatic carbocycles. The minimum Gasteiger partial charge on any atom is -0.497 e. The van der Waals surface area contributed by atoms with E-state index >= 15 is 0 Å². The molecule has 106 valence electrons. The lowest BCUT2D eigenvalue weighted by Gasteiger charge is -2.08. The lowest BCUT2D eigenvalue weighted by atomic mass is 10.0. The van der Waals surface area contributed by atoms with Crippen molar-refractivity contribution in [2.24, 2.45) is 0 Å². The second-order valence-corrected chi connectivity index (χ2v) is 6.23. The van der Waals surface area contributed by atoms with Crippen LogP contribution in [0.25, 0.3) is 10.8 Å². The van der Waals surface area contributed by atoms with Gasteiger partial charge in [-0.05, 0) is 28.5 Å². The predicted octanol–water partition coefficient (Wildman–Crippen LogP) is 1.47. The van der Waals surface area contributed by atoms with E-state index in [-0.39, 0.29) is 6.42 Å². The molecule has 6 heteroatoms. The number of benzene rings is 2. The van der Waals surface area contributed by atoms with Crippen molar-refractivity contribution in [1.82, 2.24) is 4.72 Å². The molecule has 0 aromatic heterocycles. The standard InChI is InChI=1S/C14H15NO4S/c1-19-12-7-6-10-4-3-5-11(13(10)9-12)8-14(16)15-20(2,17)18/h3-7,9H,8H2,1-2H3,(H,15,16). The number of ether oxygens (including phenoxy) is 1. The van der Waals surface area contributed by atoms with E-state index in [4.69, 9.17) is 4.74 Å². The van der Waals surface area contributed by atoms with Crippen molar-refractivity contribution >= 4 is 26.7 Å². The predicted molar refractivity (Wildman–Crippen MR) is 77.2 cm³/mol. The minimum absolute atomic E-state index is 0.00240. The molecule has 2 rings (SSSR count). The summed E-state index contributed by atoms with van der Waals surface area (Å²) in [4.78, 5) is 11.7. The van der Waals surface area contributed by atoms with Crippen LogP contribution in [0.2, 0.25) is 0 Å². The van der Waals surface area contributed by atoms with Crippen LogP contribution in [0.5, 0.6) is 5.75 Å². The van der Waals surface area contributed by atoms with Crippen LogP contribution in [-0.2, 0) is 21.2 Å². The minimum atomic E-state index is -3.53. The summed E-state index contributed by atoms with van der Waals surface area (Å²) < 4.78 is 29.2. The molecule has 2 aromatic rings. The molecule has 0 unspecified atom stereocenters. The fourth-order valence-electron chi connectivity index (χ4n) is 2.01. The number of sulfonamides is 1. The number of amides is 1. The molecule has 20 heavy (non-hydrogen) atoms. The number of carbonyl (C=O) groups is 1. The maximum absolute atomic E-state index is 11.7. The van der Waals surface area contributed by atoms with Crippen LogP contribution in [0, 0.1) is 0 Å². The topological polar surface area (TPSA) is 72.5 Å². The fourth-order valence-corrected chi connectivity index (χ4v) is 2.50. The van der Waals surface area contributed by atoms with Gasteiger partial charge in [-0.3, -0.25) is 9.52 Å². The maximum Gasteiger partial charge on any atom is 0.237 e. The van der Waals surface area contributed by atoms with Gasteiger partial charge in [-0.2, -0.15) is 0 Å². The maximum atomic E-state index is 11.7. The van der Waals surface area contributed by atoms with Crippen molar-refractivity contribution in [2.45, 2.75) is 6.42 Å². The van der Waals surface area contributed by atoms with Crippen LogP contribution in [0.3, 0.4) is 0 Å². The summed E-state index contributed by atoms with van der Waals surface area (Å²) in [6.07, 6.45) is 0.953. The van der Waals surface area contributed by atoms with Crippen LogP contribution in [0.15, 0.2) is 36.4 Å². The summed E-state index contributed by atoms with van der Waals surface area (Å²) in [6, 6.07) is 11.1. The average Bonchev–Trinajstić information content (AvgIpc) is 2.36. The molecule has 0 atom stereocenters. The van der Waals surface area contributed by atoms with Crippen LogP contribution in [-0.4, -0.2) is 27.7 Å². The molecule has 0 heterocycles. The van der Waals surface area contributed by atoms with Crippen molar-refractivity contribution in [3.63, 3.8) is 0 Å². The largest absolute Gasteiger partial charge is 0.497 e. The lowest BCUT2D eigenvalue weighted by Crippen LogP contribution is -2.30. The van der Waals surface area contributed by atoms with Crippen LogP contribution in [0.1, 0.15) is 5.56 Å². The summed E-state index contributed by atoms with van der Waals surface area (Å²) in [7, 11) is -1.96. The van der Waals surface area contributed by atoms with Gasteiger partial charge in [0.25, 0.3) is 0 Å². The number of carbonyl (C=O) groups excluding carboxylic acids is 1. The van der Waals surface area contributed by atoms with Gasteiger partial charge in [0.15, 0.2) is 0 Å². The zero-order valence-corrected chi connectivity index (χ0v) is 12.0. The lowest BCUT2D eigenvalue weighted by molar-refractivity contribution is -0.118. The second-order valence-electron chi connectivity index (χ2n) is 4.48. The van der Waals surface area contributed by atoms with Gasteiger partial charge in [-0.25, -0.2) is 8.42 Å². The Bertz CT molecular complexity index is 753. The highest BCUT2D eigenvalue weighted by atomic mass is 32.2. The van der Waals surface area contributed by atoms with Crippen LogP contribution < -0.4 is 9.46 Å². The molecular weight excluding hydrogens is 278 g/mol. The Labute approximate surface area is 117 Å². The van der Waals surface area contributed by atoms with E-state index in [1.54, 1.807) is 13.2 Å².